The maximum absolute atomic E-state index is 3.86. The lowest BCUT2D eigenvalue weighted by Gasteiger charge is -2.20. The maximum Gasteiger partial charge on any atom is 0.123 e. The highest BCUT2D eigenvalue weighted by atomic mass is 15.2. The summed E-state index contributed by atoms with van der Waals surface area (Å²) in [5, 5.41) is 7.71. The molecule has 0 amide bonds. The van der Waals surface area contributed by atoms with Gasteiger partial charge in [-0.05, 0) is 49.8 Å². The fourth-order valence-corrected chi connectivity index (χ4v) is 2.43. The first-order valence-electron chi connectivity index (χ1n) is 7.37. The summed E-state index contributed by atoms with van der Waals surface area (Å²) < 4.78 is 1.91. The van der Waals surface area contributed by atoms with Crippen LogP contribution in [0.3, 0.4) is 0 Å². The number of nitrogens with zero attached hydrogens (tertiary/aromatic N) is 4. The lowest BCUT2D eigenvalue weighted by Crippen LogP contribution is -2.16. The van der Waals surface area contributed by atoms with Gasteiger partial charge in [-0.25, -0.2) is 0 Å². The van der Waals surface area contributed by atoms with Crippen LogP contribution in [0, 0.1) is 0 Å². The molecule has 2 aromatic carbocycles. The van der Waals surface area contributed by atoms with Gasteiger partial charge in [0.15, 0.2) is 0 Å². The Morgan fingerprint density at radius 3 is 2.23 bits per heavy atom. The summed E-state index contributed by atoms with van der Waals surface area (Å²) in [6, 6.07) is 17.6. The summed E-state index contributed by atoms with van der Waals surface area (Å²) in [5.74, 6) is 0. The predicted octanol–water partition coefficient (Wildman–Crippen LogP) is 3.56. The van der Waals surface area contributed by atoms with Gasteiger partial charge in [-0.15, -0.1) is 10.2 Å². The van der Waals surface area contributed by atoms with Gasteiger partial charge < -0.3 is 4.90 Å². The third-order valence-corrected chi connectivity index (χ3v) is 4.06. The monoisotopic (exact) mass is 292 g/mol. The molecule has 0 saturated carbocycles. The second kappa shape index (κ2) is 6.12. The molecule has 3 aromatic rings. The molecule has 0 radical (unpaired) electrons. The molecule has 0 bridgehead atoms. The topological polar surface area (TPSA) is 34.0 Å². The molecule has 1 heterocycles. The van der Waals surface area contributed by atoms with Crippen molar-refractivity contribution in [3.8, 4) is 16.8 Å². The van der Waals surface area contributed by atoms with Crippen LogP contribution in [0.25, 0.3) is 16.8 Å². The summed E-state index contributed by atoms with van der Waals surface area (Å²) in [5.41, 5.74) is 4.79. The number of rotatable bonds is 4. The van der Waals surface area contributed by atoms with E-state index in [1.807, 2.05) is 4.57 Å². The number of hydrogen-bond acceptors (Lipinski definition) is 3. The van der Waals surface area contributed by atoms with E-state index in [1.165, 1.54) is 16.7 Å². The van der Waals surface area contributed by atoms with Crippen molar-refractivity contribution in [3.05, 3.63) is 66.7 Å². The fraction of sp³-hybridized carbons (Fsp3) is 0.222. The van der Waals surface area contributed by atoms with Crippen LogP contribution < -0.4 is 0 Å². The Hall–Kier alpha value is -2.46. The molecule has 3 rings (SSSR count). The lowest BCUT2D eigenvalue weighted by atomic mass is 10.0. The van der Waals surface area contributed by atoms with Crippen LogP contribution in [-0.2, 0) is 0 Å². The van der Waals surface area contributed by atoms with Crippen LogP contribution in [-0.4, -0.2) is 33.8 Å². The molecular formula is C18H20N4. The zero-order chi connectivity index (χ0) is 15.5. The smallest absolute Gasteiger partial charge is 0.123 e. The first kappa shape index (κ1) is 14.5. The largest absolute Gasteiger partial charge is 0.303 e. The van der Waals surface area contributed by atoms with Crippen molar-refractivity contribution in [2.45, 2.75) is 13.0 Å². The molecule has 4 heteroatoms. The Bertz CT molecular complexity index is 730. The molecule has 0 N–H and O–H groups in total. The standard InChI is InChI=1S/C18H20N4/c1-14(21(2)3)15-7-9-16(10-8-15)17-5-4-6-18(11-17)22-12-19-20-13-22/h4-14H,1-3H3. The summed E-state index contributed by atoms with van der Waals surface area (Å²) in [4.78, 5) is 2.21. The molecule has 0 saturated heterocycles. The lowest BCUT2D eigenvalue weighted by molar-refractivity contribution is 0.321. The van der Waals surface area contributed by atoms with Gasteiger partial charge in [0.1, 0.15) is 12.7 Å². The molecule has 112 valence electrons. The summed E-state index contributed by atoms with van der Waals surface area (Å²) >= 11 is 0. The minimum absolute atomic E-state index is 0.414. The van der Waals surface area contributed by atoms with Crippen molar-refractivity contribution < 1.29 is 0 Å². The molecule has 0 aliphatic carbocycles. The predicted molar refractivity (Wildman–Crippen MR) is 88.9 cm³/mol. The number of benzene rings is 2. The summed E-state index contributed by atoms with van der Waals surface area (Å²) in [7, 11) is 4.20. The minimum atomic E-state index is 0.414. The van der Waals surface area contributed by atoms with E-state index < -0.39 is 0 Å². The molecule has 0 fully saturated rings. The van der Waals surface area contributed by atoms with Crippen LogP contribution in [0.15, 0.2) is 61.2 Å². The average molecular weight is 292 g/mol. The van der Waals surface area contributed by atoms with Crippen LogP contribution in [0.1, 0.15) is 18.5 Å². The van der Waals surface area contributed by atoms with Gasteiger partial charge in [-0.1, -0.05) is 36.4 Å². The molecule has 0 aliphatic heterocycles. The van der Waals surface area contributed by atoms with E-state index in [1.54, 1.807) is 12.7 Å². The fourth-order valence-electron chi connectivity index (χ4n) is 2.43. The van der Waals surface area contributed by atoms with Crippen LogP contribution in [0.2, 0.25) is 0 Å². The molecule has 1 atom stereocenters. The van der Waals surface area contributed by atoms with Gasteiger partial charge in [0.25, 0.3) is 0 Å². The SMILES string of the molecule is CC(c1ccc(-c2cccc(-n3cnnc3)c2)cc1)N(C)C. The van der Waals surface area contributed by atoms with Gasteiger partial charge >= 0.3 is 0 Å². The molecule has 1 unspecified atom stereocenters. The highest BCUT2D eigenvalue weighted by molar-refractivity contribution is 5.66. The van der Waals surface area contributed by atoms with Crippen molar-refractivity contribution in [1.82, 2.24) is 19.7 Å². The van der Waals surface area contributed by atoms with Gasteiger partial charge in [-0.3, -0.25) is 4.57 Å². The van der Waals surface area contributed by atoms with Crippen molar-refractivity contribution >= 4 is 0 Å². The minimum Gasteiger partial charge on any atom is -0.303 e. The van der Waals surface area contributed by atoms with Gasteiger partial charge in [-0.2, -0.15) is 0 Å². The second-order valence-electron chi connectivity index (χ2n) is 5.68. The van der Waals surface area contributed by atoms with Crippen molar-refractivity contribution in [3.63, 3.8) is 0 Å². The first-order valence-corrected chi connectivity index (χ1v) is 7.37. The van der Waals surface area contributed by atoms with Crippen molar-refractivity contribution in [2.75, 3.05) is 14.1 Å². The highest BCUT2D eigenvalue weighted by Gasteiger charge is 2.08. The van der Waals surface area contributed by atoms with E-state index in [0.717, 1.165) is 5.69 Å². The third kappa shape index (κ3) is 2.92. The third-order valence-electron chi connectivity index (χ3n) is 4.06. The van der Waals surface area contributed by atoms with Crippen LogP contribution >= 0.6 is 0 Å². The molecular weight excluding hydrogens is 272 g/mol. The Labute approximate surface area is 131 Å². The summed E-state index contributed by atoms with van der Waals surface area (Å²) in [6.07, 6.45) is 3.42. The van der Waals surface area contributed by atoms with Crippen molar-refractivity contribution in [2.24, 2.45) is 0 Å². The number of hydrogen-bond donors (Lipinski definition) is 0. The van der Waals surface area contributed by atoms with Crippen LogP contribution in [0.5, 0.6) is 0 Å². The maximum atomic E-state index is 3.86. The van der Waals surface area contributed by atoms with E-state index in [-0.39, 0.29) is 0 Å². The van der Waals surface area contributed by atoms with Gasteiger partial charge in [0, 0.05) is 11.7 Å². The van der Waals surface area contributed by atoms with E-state index in [2.05, 4.69) is 84.6 Å². The quantitative estimate of drug-likeness (QED) is 0.737. The Morgan fingerprint density at radius 1 is 0.909 bits per heavy atom. The molecule has 4 nitrogen and oxygen atoms in total. The zero-order valence-corrected chi connectivity index (χ0v) is 13.1. The molecule has 1 aromatic heterocycles. The normalized spacial score (nSPS) is 12.5. The Morgan fingerprint density at radius 2 is 1.59 bits per heavy atom. The van der Waals surface area contributed by atoms with Gasteiger partial charge in [0.05, 0.1) is 0 Å². The number of aromatic nitrogens is 3. The van der Waals surface area contributed by atoms with Gasteiger partial charge in [0.2, 0.25) is 0 Å². The van der Waals surface area contributed by atoms with E-state index in [4.69, 9.17) is 0 Å². The molecule has 22 heavy (non-hydrogen) atoms. The van der Waals surface area contributed by atoms with E-state index in [9.17, 15) is 0 Å². The first-order chi connectivity index (χ1) is 10.6. The average Bonchev–Trinajstić information content (AvgIpc) is 3.09. The Balaban J connectivity index is 1.90. The zero-order valence-electron chi connectivity index (χ0n) is 13.1. The Kier molecular flexibility index (Phi) is 4.02. The second-order valence-corrected chi connectivity index (χ2v) is 5.68. The summed E-state index contributed by atoms with van der Waals surface area (Å²) in [6.45, 7) is 2.21. The highest BCUT2D eigenvalue weighted by Crippen LogP contribution is 2.25. The van der Waals surface area contributed by atoms with Crippen molar-refractivity contribution in [1.29, 1.82) is 0 Å². The van der Waals surface area contributed by atoms with E-state index in [0.29, 0.717) is 6.04 Å². The van der Waals surface area contributed by atoms with E-state index >= 15 is 0 Å². The van der Waals surface area contributed by atoms with Crippen LogP contribution in [0.4, 0.5) is 0 Å². The molecule has 0 spiro atoms. The molecule has 0 aliphatic rings.